The molecule has 0 unspecified atom stereocenters. The molecule has 0 atom stereocenters. The molecule has 0 saturated heterocycles. The number of hydrogen-bond acceptors (Lipinski definition) is 4. The van der Waals surface area contributed by atoms with Gasteiger partial charge >= 0.3 is 5.69 Å². The summed E-state index contributed by atoms with van der Waals surface area (Å²) in [5, 5.41) is 4.58. The third-order valence-electron chi connectivity index (χ3n) is 4.18. The number of amides is 1. The number of carbonyl (C=O) groups excluding carboxylic acids is 1. The molecular formula is C19H21N3O3S. The van der Waals surface area contributed by atoms with E-state index in [1.807, 2.05) is 32.0 Å². The first-order valence-electron chi connectivity index (χ1n) is 8.58. The molecule has 0 aliphatic heterocycles. The van der Waals surface area contributed by atoms with Crippen LogP contribution >= 0.6 is 11.3 Å². The number of rotatable bonds is 6. The van der Waals surface area contributed by atoms with Crippen LogP contribution in [0.2, 0.25) is 0 Å². The summed E-state index contributed by atoms with van der Waals surface area (Å²) in [7, 11) is 0. The van der Waals surface area contributed by atoms with Crippen LogP contribution in [0.15, 0.2) is 45.3 Å². The second kappa shape index (κ2) is 7.70. The molecular weight excluding hydrogens is 350 g/mol. The molecule has 0 aliphatic carbocycles. The lowest BCUT2D eigenvalue weighted by atomic mass is 10.2. The van der Waals surface area contributed by atoms with E-state index in [0.717, 1.165) is 18.4 Å². The zero-order chi connectivity index (χ0) is 18.7. The lowest BCUT2D eigenvalue weighted by Crippen LogP contribution is -2.41. The number of thiophene rings is 1. The predicted octanol–water partition coefficient (Wildman–Crippen LogP) is 2.97. The molecule has 7 heteroatoms. The van der Waals surface area contributed by atoms with Crippen LogP contribution < -0.4 is 16.6 Å². The van der Waals surface area contributed by atoms with E-state index in [1.54, 1.807) is 17.5 Å². The molecule has 2 aromatic heterocycles. The maximum absolute atomic E-state index is 12.8. The SMILES string of the molecule is CCCCn1c(=O)c2sccc2n(CC(=O)Nc2cccc(C)c2)c1=O. The number of benzene rings is 1. The van der Waals surface area contributed by atoms with Gasteiger partial charge in [-0.25, -0.2) is 4.79 Å². The monoisotopic (exact) mass is 371 g/mol. The maximum Gasteiger partial charge on any atom is 0.332 e. The predicted molar refractivity (Wildman–Crippen MR) is 105 cm³/mol. The fourth-order valence-electron chi connectivity index (χ4n) is 2.87. The fraction of sp³-hybridized carbons (Fsp3) is 0.316. The third-order valence-corrected chi connectivity index (χ3v) is 5.07. The summed E-state index contributed by atoms with van der Waals surface area (Å²) in [5.41, 5.74) is 1.52. The Bertz CT molecular complexity index is 1060. The summed E-state index contributed by atoms with van der Waals surface area (Å²) in [6.45, 7) is 4.18. The minimum absolute atomic E-state index is 0.133. The number of anilines is 1. The Morgan fingerprint density at radius 1 is 1.19 bits per heavy atom. The minimum atomic E-state index is -0.436. The normalized spacial score (nSPS) is 11.0. The molecule has 136 valence electrons. The zero-order valence-corrected chi connectivity index (χ0v) is 15.6. The van der Waals surface area contributed by atoms with Crippen LogP contribution in [-0.2, 0) is 17.9 Å². The van der Waals surface area contributed by atoms with Crippen molar-refractivity contribution in [1.82, 2.24) is 9.13 Å². The molecule has 1 amide bonds. The maximum atomic E-state index is 12.8. The first-order valence-corrected chi connectivity index (χ1v) is 9.46. The van der Waals surface area contributed by atoms with E-state index in [1.165, 1.54) is 20.5 Å². The van der Waals surface area contributed by atoms with Gasteiger partial charge < -0.3 is 5.32 Å². The Morgan fingerprint density at radius 2 is 2.00 bits per heavy atom. The summed E-state index contributed by atoms with van der Waals surface area (Å²) in [5.74, 6) is -0.300. The van der Waals surface area contributed by atoms with Crippen LogP contribution in [0.5, 0.6) is 0 Å². The second-order valence-corrected chi connectivity index (χ2v) is 7.15. The van der Waals surface area contributed by atoms with Crippen molar-refractivity contribution in [3.63, 3.8) is 0 Å². The first kappa shape index (κ1) is 18.1. The van der Waals surface area contributed by atoms with Gasteiger partial charge in [0.2, 0.25) is 5.91 Å². The highest BCUT2D eigenvalue weighted by atomic mass is 32.1. The number of hydrogen-bond donors (Lipinski definition) is 1. The van der Waals surface area contributed by atoms with Crippen molar-refractivity contribution in [3.05, 3.63) is 62.1 Å². The van der Waals surface area contributed by atoms with E-state index < -0.39 is 5.69 Å². The molecule has 1 N–H and O–H groups in total. The van der Waals surface area contributed by atoms with Crippen LogP contribution in [0.1, 0.15) is 25.3 Å². The number of unbranched alkanes of at least 4 members (excludes halogenated alkanes) is 1. The van der Waals surface area contributed by atoms with Gasteiger partial charge in [-0.2, -0.15) is 0 Å². The largest absolute Gasteiger partial charge is 0.332 e. The molecule has 0 bridgehead atoms. The number of aromatic nitrogens is 2. The zero-order valence-electron chi connectivity index (χ0n) is 14.8. The number of nitrogens with zero attached hydrogens (tertiary/aromatic N) is 2. The highest BCUT2D eigenvalue weighted by molar-refractivity contribution is 7.17. The standard InChI is InChI=1S/C19H21N3O3S/c1-3-4-9-21-18(24)17-15(8-10-26-17)22(19(21)25)12-16(23)20-14-7-5-6-13(2)11-14/h5-8,10-11H,3-4,9,12H2,1-2H3,(H,20,23). The Labute approximate surface area is 154 Å². The minimum Gasteiger partial charge on any atom is -0.325 e. The molecule has 3 rings (SSSR count). The van der Waals surface area contributed by atoms with E-state index in [-0.39, 0.29) is 18.0 Å². The van der Waals surface area contributed by atoms with Gasteiger partial charge in [0.05, 0.1) is 5.52 Å². The highest BCUT2D eigenvalue weighted by Crippen LogP contribution is 2.16. The van der Waals surface area contributed by atoms with Crippen LogP contribution in [0.25, 0.3) is 10.2 Å². The van der Waals surface area contributed by atoms with Gasteiger partial charge in [-0.15, -0.1) is 11.3 Å². The van der Waals surface area contributed by atoms with Gasteiger partial charge in [-0.05, 0) is 42.5 Å². The van der Waals surface area contributed by atoms with Crippen LogP contribution in [0.3, 0.4) is 0 Å². The topological polar surface area (TPSA) is 73.1 Å². The molecule has 1 aromatic carbocycles. The number of aryl methyl sites for hydroxylation is 1. The molecule has 0 saturated carbocycles. The molecule has 0 spiro atoms. The Kier molecular flexibility index (Phi) is 5.37. The van der Waals surface area contributed by atoms with Gasteiger partial charge in [0, 0.05) is 12.2 Å². The lowest BCUT2D eigenvalue weighted by molar-refractivity contribution is -0.116. The van der Waals surface area contributed by atoms with Gasteiger partial charge in [-0.1, -0.05) is 25.5 Å². The molecule has 0 fully saturated rings. The van der Waals surface area contributed by atoms with Crippen molar-refractivity contribution >= 4 is 33.1 Å². The second-order valence-electron chi connectivity index (χ2n) is 6.23. The van der Waals surface area contributed by atoms with E-state index in [2.05, 4.69) is 5.32 Å². The molecule has 0 aliphatic rings. The summed E-state index contributed by atoms with van der Waals surface area (Å²) in [6, 6.07) is 9.18. The number of nitrogens with one attached hydrogen (secondary N) is 1. The van der Waals surface area contributed by atoms with Gasteiger partial charge in [0.1, 0.15) is 11.2 Å². The number of fused-ring (bicyclic) bond motifs is 1. The quantitative estimate of drug-likeness (QED) is 0.724. The molecule has 0 radical (unpaired) electrons. The lowest BCUT2D eigenvalue weighted by Gasteiger charge is -2.12. The summed E-state index contributed by atoms with van der Waals surface area (Å²) < 4.78 is 3.13. The Morgan fingerprint density at radius 3 is 2.73 bits per heavy atom. The van der Waals surface area contributed by atoms with Crippen molar-refractivity contribution in [1.29, 1.82) is 0 Å². The van der Waals surface area contributed by atoms with E-state index in [9.17, 15) is 14.4 Å². The third kappa shape index (κ3) is 3.62. The van der Waals surface area contributed by atoms with E-state index in [0.29, 0.717) is 22.4 Å². The van der Waals surface area contributed by atoms with Crippen molar-refractivity contribution in [3.8, 4) is 0 Å². The van der Waals surface area contributed by atoms with Crippen molar-refractivity contribution in [2.45, 2.75) is 39.8 Å². The van der Waals surface area contributed by atoms with Crippen LogP contribution in [-0.4, -0.2) is 15.0 Å². The summed E-state index contributed by atoms with van der Waals surface area (Å²) in [6.07, 6.45) is 1.61. The van der Waals surface area contributed by atoms with Crippen LogP contribution in [0, 0.1) is 6.92 Å². The van der Waals surface area contributed by atoms with Gasteiger partial charge in [0.15, 0.2) is 0 Å². The Hall–Kier alpha value is -2.67. The molecule has 6 nitrogen and oxygen atoms in total. The molecule has 3 aromatic rings. The van der Waals surface area contributed by atoms with Crippen molar-refractivity contribution in [2.75, 3.05) is 5.32 Å². The van der Waals surface area contributed by atoms with Crippen LogP contribution in [0.4, 0.5) is 5.69 Å². The summed E-state index contributed by atoms with van der Waals surface area (Å²) in [4.78, 5) is 37.8. The summed E-state index contributed by atoms with van der Waals surface area (Å²) >= 11 is 1.29. The van der Waals surface area contributed by atoms with E-state index in [4.69, 9.17) is 0 Å². The Balaban J connectivity index is 1.96. The van der Waals surface area contributed by atoms with Crippen molar-refractivity contribution in [2.24, 2.45) is 0 Å². The smallest absolute Gasteiger partial charge is 0.325 e. The average molecular weight is 371 g/mol. The first-order chi connectivity index (χ1) is 12.5. The van der Waals surface area contributed by atoms with Gasteiger partial charge in [-0.3, -0.25) is 18.7 Å². The molecule has 26 heavy (non-hydrogen) atoms. The number of carbonyl (C=O) groups is 1. The fourth-order valence-corrected chi connectivity index (χ4v) is 3.71. The highest BCUT2D eigenvalue weighted by Gasteiger charge is 2.16. The van der Waals surface area contributed by atoms with Crippen molar-refractivity contribution < 1.29 is 4.79 Å². The van der Waals surface area contributed by atoms with Gasteiger partial charge in [0.25, 0.3) is 5.56 Å². The van der Waals surface area contributed by atoms with E-state index >= 15 is 0 Å². The average Bonchev–Trinajstić information content (AvgIpc) is 3.08. The molecule has 2 heterocycles.